The van der Waals surface area contributed by atoms with E-state index in [1.165, 1.54) is 13.3 Å². The number of carbonyl (C=O) groups excluding carboxylic acids is 1. The van der Waals surface area contributed by atoms with Gasteiger partial charge in [0.1, 0.15) is 11.5 Å². The van der Waals surface area contributed by atoms with Gasteiger partial charge in [-0.1, -0.05) is 28.1 Å². The molecular weight excluding hydrogens is 402 g/mol. The molecule has 8 nitrogen and oxygen atoms in total. The number of ether oxygens (including phenoxy) is 2. The Balaban J connectivity index is 2.05. The second kappa shape index (κ2) is 9.42. The lowest BCUT2D eigenvalue weighted by Gasteiger charge is -2.12. The number of nitrogens with two attached hydrogens (primary N) is 2. The summed E-state index contributed by atoms with van der Waals surface area (Å²) in [4.78, 5) is 12.1. The van der Waals surface area contributed by atoms with Gasteiger partial charge < -0.3 is 26.3 Å². The first kappa shape index (κ1) is 19.3. The first-order valence-electron chi connectivity index (χ1n) is 7.47. The van der Waals surface area contributed by atoms with Crippen molar-refractivity contribution in [1.29, 1.82) is 0 Å². The number of hydrogen-bond acceptors (Lipinski definition) is 5. The van der Waals surface area contributed by atoms with Crippen LogP contribution >= 0.6 is 15.9 Å². The Kier molecular flexibility index (Phi) is 6.98. The highest BCUT2D eigenvalue weighted by atomic mass is 79.9. The second-order valence-electron chi connectivity index (χ2n) is 4.99. The summed E-state index contributed by atoms with van der Waals surface area (Å²) in [5, 5.41) is 10.0. The van der Waals surface area contributed by atoms with E-state index >= 15 is 0 Å². The van der Waals surface area contributed by atoms with E-state index in [4.69, 9.17) is 20.9 Å². The predicted molar refractivity (Wildman–Crippen MR) is 105 cm³/mol. The molecule has 0 heterocycles. The largest absolute Gasteiger partial charge is 0.495 e. The lowest BCUT2D eigenvalue weighted by Crippen LogP contribution is -2.21. The lowest BCUT2D eigenvalue weighted by molar-refractivity contribution is -0.118. The van der Waals surface area contributed by atoms with Gasteiger partial charge in [-0.15, -0.1) is 5.10 Å². The molecule has 5 N–H and O–H groups in total. The Labute approximate surface area is 159 Å². The van der Waals surface area contributed by atoms with Gasteiger partial charge in [0.25, 0.3) is 5.91 Å². The Morgan fingerprint density at radius 3 is 2.73 bits per heavy atom. The van der Waals surface area contributed by atoms with Crippen LogP contribution in [0.25, 0.3) is 0 Å². The van der Waals surface area contributed by atoms with E-state index < -0.39 is 0 Å². The zero-order valence-corrected chi connectivity index (χ0v) is 15.6. The Bertz CT molecular complexity index is 835. The van der Waals surface area contributed by atoms with Crippen molar-refractivity contribution in [2.45, 2.75) is 0 Å². The van der Waals surface area contributed by atoms with E-state index in [-0.39, 0.29) is 18.5 Å². The molecule has 0 atom stereocenters. The van der Waals surface area contributed by atoms with Crippen LogP contribution in [0.4, 0.5) is 5.69 Å². The zero-order valence-electron chi connectivity index (χ0n) is 14.0. The van der Waals surface area contributed by atoms with Crippen LogP contribution < -0.4 is 26.3 Å². The SMILES string of the molecule is COc1ccccc1NC(=O)COc1ccc(Br)cc1C=NN=C(N)N. The third kappa shape index (κ3) is 5.78. The van der Waals surface area contributed by atoms with Crippen LogP contribution in [0.3, 0.4) is 0 Å². The highest BCUT2D eigenvalue weighted by Crippen LogP contribution is 2.24. The number of nitrogens with zero attached hydrogens (tertiary/aromatic N) is 2. The number of benzene rings is 2. The van der Waals surface area contributed by atoms with Crippen molar-refractivity contribution >= 4 is 39.7 Å². The normalized spacial score (nSPS) is 10.4. The molecule has 2 aromatic carbocycles. The fourth-order valence-electron chi connectivity index (χ4n) is 1.99. The van der Waals surface area contributed by atoms with Crippen molar-refractivity contribution in [3.8, 4) is 11.5 Å². The van der Waals surface area contributed by atoms with Crippen molar-refractivity contribution in [2.75, 3.05) is 19.0 Å². The maximum atomic E-state index is 12.1. The Morgan fingerprint density at radius 2 is 2.00 bits per heavy atom. The third-order valence-corrected chi connectivity index (χ3v) is 3.57. The van der Waals surface area contributed by atoms with Gasteiger partial charge in [0.05, 0.1) is 19.0 Å². The van der Waals surface area contributed by atoms with Crippen molar-refractivity contribution in [1.82, 2.24) is 0 Å². The quantitative estimate of drug-likeness (QED) is 0.360. The van der Waals surface area contributed by atoms with E-state index in [1.54, 1.807) is 36.4 Å². The molecule has 26 heavy (non-hydrogen) atoms. The summed E-state index contributed by atoms with van der Waals surface area (Å²) in [5.41, 5.74) is 11.6. The van der Waals surface area contributed by atoms with E-state index in [2.05, 4.69) is 31.4 Å². The van der Waals surface area contributed by atoms with Crippen molar-refractivity contribution < 1.29 is 14.3 Å². The van der Waals surface area contributed by atoms with E-state index in [0.29, 0.717) is 22.7 Å². The van der Waals surface area contributed by atoms with Crippen LogP contribution in [-0.4, -0.2) is 31.8 Å². The summed E-state index contributed by atoms with van der Waals surface area (Å²) >= 11 is 3.36. The van der Waals surface area contributed by atoms with E-state index in [9.17, 15) is 4.79 Å². The molecule has 0 bridgehead atoms. The highest BCUT2D eigenvalue weighted by Gasteiger charge is 2.09. The van der Waals surface area contributed by atoms with Gasteiger partial charge in [-0.2, -0.15) is 5.10 Å². The molecule has 0 radical (unpaired) electrons. The standard InChI is InChI=1S/C17H18BrN5O3/c1-25-15-5-3-2-4-13(15)22-16(24)10-26-14-7-6-12(18)8-11(14)9-21-23-17(19)20/h2-9H,10H2,1H3,(H,22,24)(H4,19,20,23). The molecule has 0 saturated carbocycles. The number of para-hydroxylation sites is 2. The first-order valence-corrected chi connectivity index (χ1v) is 8.26. The Morgan fingerprint density at radius 1 is 1.23 bits per heavy atom. The van der Waals surface area contributed by atoms with Gasteiger partial charge in [0.15, 0.2) is 6.61 Å². The maximum Gasteiger partial charge on any atom is 0.262 e. The molecule has 0 aromatic heterocycles. The molecule has 136 valence electrons. The second-order valence-corrected chi connectivity index (χ2v) is 5.90. The number of rotatable bonds is 7. The average molecular weight is 420 g/mol. The van der Waals surface area contributed by atoms with Crippen LogP contribution in [0.15, 0.2) is 57.1 Å². The Hall–Kier alpha value is -3.07. The molecule has 9 heteroatoms. The zero-order chi connectivity index (χ0) is 18.9. The topological polar surface area (TPSA) is 124 Å². The monoisotopic (exact) mass is 419 g/mol. The van der Waals surface area contributed by atoms with Crippen LogP contribution in [-0.2, 0) is 4.79 Å². The summed E-state index contributed by atoms with van der Waals surface area (Å²) in [6, 6.07) is 12.4. The van der Waals surface area contributed by atoms with Gasteiger partial charge in [-0.25, -0.2) is 0 Å². The number of halogens is 1. The smallest absolute Gasteiger partial charge is 0.262 e. The van der Waals surface area contributed by atoms with Gasteiger partial charge in [0, 0.05) is 10.0 Å². The molecule has 0 aliphatic rings. The van der Waals surface area contributed by atoms with Crippen molar-refractivity contribution in [3.63, 3.8) is 0 Å². The minimum atomic E-state index is -0.329. The van der Waals surface area contributed by atoms with Gasteiger partial charge >= 0.3 is 0 Å². The number of guanidine groups is 1. The number of nitrogens with one attached hydrogen (secondary N) is 1. The minimum Gasteiger partial charge on any atom is -0.495 e. The number of anilines is 1. The fraction of sp³-hybridized carbons (Fsp3) is 0.118. The van der Waals surface area contributed by atoms with Gasteiger partial charge in [0.2, 0.25) is 5.96 Å². The molecule has 0 aliphatic heterocycles. The third-order valence-electron chi connectivity index (χ3n) is 3.08. The van der Waals surface area contributed by atoms with Crippen molar-refractivity contribution in [3.05, 3.63) is 52.5 Å². The number of hydrogen-bond donors (Lipinski definition) is 3. The minimum absolute atomic E-state index is 0.157. The summed E-state index contributed by atoms with van der Waals surface area (Å²) in [7, 11) is 1.53. The highest BCUT2D eigenvalue weighted by molar-refractivity contribution is 9.10. The number of amides is 1. The molecule has 1 amide bonds. The average Bonchev–Trinajstić information content (AvgIpc) is 2.61. The van der Waals surface area contributed by atoms with E-state index in [0.717, 1.165) is 4.47 Å². The van der Waals surface area contributed by atoms with Crippen LogP contribution in [0, 0.1) is 0 Å². The molecule has 0 aliphatic carbocycles. The summed E-state index contributed by atoms with van der Waals surface area (Å²) in [6.07, 6.45) is 1.43. The summed E-state index contributed by atoms with van der Waals surface area (Å²) in [5.74, 6) is 0.534. The number of carbonyl (C=O) groups is 1. The molecular formula is C17H18BrN5O3. The fourth-order valence-corrected chi connectivity index (χ4v) is 2.37. The molecule has 0 unspecified atom stereocenters. The van der Waals surface area contributed by atoms with Crippen LogP contribution in [0.1, 0.15) is 5.56 Å². The summed E-state index contributed by atoms with van der Waals surface area (Å²) < 4.78 is 11.6. The maximum absolute atomic E-state index is 12.1. The lowest BCUT2D eigenvalue weighted by atomic mass is 10.2. The van der Waals surface area contributed by atoms with Crippen LogP contribution in [0.2, 0.25) is 0 Å². The van der Waals surface area contributed by atoms with Crippen molar-refractivity contribution in [2.24, 2.45) is 21.7 Å². The molecule has 2 rings (SSSR count). The first-order chi connectivity index (χ1) is 12.5. The predicted octanol–water partition coefficient (Wildman–Crippen LogP) is 2.08. The summed E-state index contributed by atoms with van der Waals surface area (Å²) in [6.45, 7) is -0.192. The molecule has 0 fully saturated rings. The van der Waals surface area contributed by atoms with Gasteiger partial charge in [-0.05, 0) is 30.3 Å². The van der Waals surface area contributed by atoms with Gasteiger partial charge in [-0.3, -0.25) is 4.79 Å². The molecule has 0 spiro atoms. The number of methoxy groups -OCH3 is 1. The van der Waals surface area contributed by atoms with Crippen LogP contribution in [0.5, 0.6) is 11.5 Å². The molecule has 2 aromatic rings. The van der Waals surface area contributed by atoms with E-state index in [1.807, 2.05) is 6.07 Å². The molecule has 0 saturated heterocycles.